The minimum atomic E-state index is -0.913. The van der Waals surface area contributed by atoms with E-state index in [4.69, 9.17) is 4.74 Å². The van der Waals surface area contributed by atoms with Crippen molar-refractivity contribution in [1.82, 2.24) is 16.0 Å². The number of carbonyl (C=O) groups excluding carboxylic acids is 4. The van der Waals surface area contributed by atoms with Gasteiger partial charge in [-0.15, -0.1) is 0 Å². The molecule has 3 amide bonds. The summed E-state index contributed by atoms with van der Waals surface area (Å²) in [6, 6.07) is -0.913. The van der Waals surface area contributed by atoms with Crippen LogP contribution in [0.5, 0.6) is 0 Å². The summed E-state index contributed by atoms with van der Waals surface area (Å²) in [5.41, 5.74) is -0.921. The van der Waals surface area contributed by atoms with E-state index in [1.54, 1.807) is 27.0 Å². The van der Waals surface area contributed by atoms with Gasteiger partial charge in [-0.05, 0) is 27.0 Å². The molecule has 1 atom stereocenters. The molecule has 0 heterocycles. The first-order chi connectivity index (χ1) is 12.9. The molecule has 0 fully saturated rings. The van der Waals surface area contributed by atoms with E-state index in [1.807, 2.05) is 0 Å². The summed E-state index contributed by atoms with van der Waals surface area (Å²) < 4.78 is 9.43. The van der Waals surface area contributed by atoms with Gasteiger partial charge >= 0.3 is 12.1 Å². The van der Waals surface area contributed by atoms with Crippen molar-refractivity contribution in [2.75, 3.05) is 25.7 Å². The van der Waals surface area contributed by atoms with Crippen molar-refractivity contribution in [1.29, 1.82) is 0 Å². The molecule has 10 heteroatoms. The van der Waals surface area contributed by atoms with Gasteiger partial charge in [0.25, 0.3) is 0 Å². The van der Waals surface area contributed by atoms with Gasteiger partial charge in [-0.25, -0.2) is 9.59 Å². The fraction of sp³-hybridized carbons (Fsp3) is 0.667. The second kappa shape index (κ2) is 14.8. The number of thioether (sulfide) groups is 1. The van der Waals surface area contributed by atoms with Crippen LogP contribution in [0.4, 0.5) is 4.79 Å². The Hall–Kier alpha value is -2.23. The Morgan fingerprint density at radius 1 is 1.14 bits per heavy atom. The molecule has 3 N–H and O–H groups in total. The van der Waals surface area contributed by atoms with Crippen LogP contribution in [0.25, 0.3) is 0 Å². The van der Waals surface area contributed by atoms with Crippen LogP contribution in [0.2, 0.25) is 0 Å². The number of nitrogens with one attached hydrogen (secondary N) is 3. The maximum absolute atomic E-state index is 12.1. The first-order valence-corrected chi connectivity index (χ1v) is 10.1. The normalized spacial score (nSPS) is 11.1. The Morgan fingerprint density at radius 2 is 1.68 bits per heavy atom. The van der Waals surface area contributed by atoms with Gasteiger partial charge in [-0.1, -0.05) is 26.8 Å². The first kappa shape index (κ1) is 28.0. The molecule has 9 nitrogen and oxygen atoms in total. The zero-order valence-corrected chi connectivity index (χ0v) is 18.6. The van der Waals surface area contributed by atoms with Crippen LogP contribution in [0.1, 0.15) is 41.0 Å². The number of rotatable bonds is 8. The highest BCUT2D eigenvalue weighted by molar-refractivity contribution is 7.98. The number of methoxy groups -OCH3 is 1. The van der Waals surface area contributed by atoms with Gasteiger partial charge in [0.2, 0.25) is 11.8 Å². The molecule has 0 aromatic rings. The average Bonchev–Trinajstić information content (AvgIpc) is 2.58. The third-order valence-electron chi connectivity index (χ3n) is 2.48. The van der Waals surface area contributed by atoms with Gasteiger partial charge in [-0.3, -0.25) is 9.59 Å². The zero-order chi connectivity index (χ0) is 22.3. The van der Waals surface area contributed by atoms with E-state index in [9.17, 15) is 19.2 Å². The number of esters is 1. The van der Waals surface area contributed by atoms with Crippen LogP contribution in [0.3, 0.4) is 0 Å². The van der Waals surface area contributed by atoms with Gasteiger partial charge in [0.05, 0.1) is 7.11 Å². The van der Waals surface area contributed by atoms with Crippen molar-refractivity contribution in [3.8, 4) is 0 Å². The quantitative estimate of drug-likeness (QED) is 0.403. The summed E-state index contributed by atoms with van der Waals surface area (Å²) in [6.45, 7) is 12.4. The monoisotopic (exact) mass is 419 g/mol. The molecule has 28 heavy (non-hydrogen) atoms. The van der Waals surface area contributed by atoms with E-state index in [0.717, 1.165) is 7.11 Å². The summed E-state index contributed by atoms with van der Waals surface area (Å²) in [7, 11) is 1.16. The van der Waals surface area contributed by atoms with Crippen molar-refractivity contribution >= 4 is 35.6 Å². The maximum Gasteiger partial charge on any atom is 0.408 e. The minimum Gasteiger partial charge on any atom is -0.464 e. The highest BCUT2D eigenvalue weighted by Crippen LogP contribution is 2.06. The molecule has 0 bridgehead atoms. The van der Waals surface area contributed by atoms with E-state index in [0.29, 0.717) is 0 Å². The van der Waals surface area contributed by atoms with Crippen LogP contribution in [-0.4, -0.2) is 61.2 Å². The molecule has 0 saturated heterocycles. The van der Waals surface area contributed by atoms with Crippen LogP contribution in [0.15, 0.2) is 12.3 Å². The second-order valence-electron chi connectivity index (χ2n) is 6.60. The lowest BCUT2D eigenvalue weighted by molar-refractivity contribution is -0.138. The third kappa shape index (κ3) is 14.9. The molecule has 0 rings (SSSR count). The Morgan fingerprint density at radius 3 is 2.11 bits per heavy atom. The molecule has 0 aromatic heterocycles. The fourth-order valence-corrected chi connectivity index (χ4v) is 2.04. The summed E-state index contributed by atoms with van der Waals surface area (Å²) in [5, 5.41) is 7.02. The number of ether oxygens (including phenoxy) is 2. The third-order valence-corrected chi connectivity index (χ3v) is 3.15. The van der Waals surface area contributed by atoms with Crippen LogP contribution >= 0.6 is 11.8 Å². The topological polar surface area (TPSA) is 123 Å². The Bertz CT molecular complexity index is 546. The summed E-state index contributed by atoms with van der Waals surface area (Å²) in [5.74, 6) is -1.72. The lowest BCUT2D eigenvalue weighted by atomic mass is 10.2. The molecule has 162 valence electrons. The highest BCUT2D eigenvalue weighted by atomic mass is 32.2. The van der Waals surface area contributed by atoms with Crippen LogP contribution < -0.4 is 16.0 Å². The predicted molar refractivity (Wildman–Crippen MR) is 110 cm³/mol. The van der Waals surface area contributed by atoms with Gasteiger partial charge in [-0.2, -0.15) is 11.8 Å². The summed E-state index contributed by atoms with van der Waals surface area (Å²) in [6.07, 6.45) is 2.26. The summed E-state index contributed by atoms with van der Waals surface area (Å²) >= 11 is 1.32. The van der Waals surface area contributed by atoms with Gasteiger partial charge in [0.15, 0.2) is 0 Å². The predicted octanol–water partition coefficient (Wildman–Crippen LogP) is 1.58. The standard InChI is InChI=1S/C15H25N3O6S.C3H8/c1-9(13(21)23-5)17-12(20)10(8-25-6)18-11(19)7-16-14(22)24-15(2,3)4;1-3-2/h10H,1,7-8H2,2-6H3,(H,16,22)(H,17,20)(H,18,19);3H2,1-2H3. The van der Waals surface area contributed by atoms with Gasteiger partial charge in [0.1, 0.15) is 23.9 Å². The Labute approximate surface area is 171 Å². The van der Waals surface area contributed by atoms with Crippen molar-refractivity contribution < 1.29 is 28.7 Å². The maximum atomic E-state index is 12.1. The molecule has 0 aliphatic heterocycles. The lowest BCUT2D eigenvalue weighted by Gasteiger charge is -2.20. The van der Waals surface area contributed by atoms with E-state index < -0.39 is 35.5 Å². The first-order valence-electron chi connectivity index (χ1n) is 8.74. The fourth-order valence-electron chi connectivity index (χ4n) is 1.47. The number of hydrogen-bond acceptors (Lipinski definition) is 7. The summed E-state index contributed by atoms with van der Waals surface area (Å²) in [4.78, 5) is 46.8. The van der Waals surface area contributed by atoms with Crippen molar-refractivity contribution in [2.24, 2.45) is 0 Å². The lowest BCUT2D eigenvalue weighted by Crippen LogP contribution is -2.51. The van der Waals surface area contributed by atoms with Gasteiger partial charge < -0.3 is 25.4 Å². The van der Waals surface area contributed by atoms with Crippen molar-refractivity contribution in [3.63, 3.8) is 0 Å². The van der Waals surface area contributed by atoms with E-state index in [1.165, 1.54) is 18.2 Å². The van der Waals surface area contributed by atoms with Crippen LogP contribution in [0, 0.1) is 0 Å². The zero-order valence-electron chi connectivity index (χ0n) is 17.8. The van der Waals surface area contributed by atoms with E-state index in [2.05, 4.69) is 41.1 Å². The molecule has 0 aliphatic rings. The Kier molecular flexibility index (Phi) is 14.8. The number of amides is 3. The van der Waals surface area contributed by atoms with E-state index in [-0.39, 0.29) is 18.0 Å². The molecule has 0 radical (unpaired) electrons. The molecule has 0 spiro atoms. The molecular weight excluding hydrogens is 386 g/mol. The largest absolute Gasteiger partial charge is 0.464 e. The van der Waals surface area contributed by atoms with E-state index >= 15 is 0 Å². The van der Waals surface area contributed by atoms with Gasteiger partial charge in [0, 0.05) is 5.75 Å². The highest BCUT2D eigenvalue weighted by Gasteiger charge is 2.23. The smallest absolute Gasteiger partial charge is 0.408 e. The SMILES string of the molecule is C=C(NC(=O)C(CSC)NC(=O)CNC(=O)OC(C)(C)C)C(=O)OC.CCC. The Balaban J connectivity index is 0. The average molecular weight is 420 g/mol. The molecule has 1 unspecified atom stereocenters. The second-order valence-corrected chi connectivity index (χ2v) is 7.51. The number of hydrogen-bond donors (Lipinski definition) is 3. The number of alkyl carbamates (subject to hydrolysis) is 1. The molecular formula is C18H33N3O6S. The molecule has 0 saturated carbocycles. The number of carbonyl (C=O) groups is 4. The van der Waals surface area contributed by atoms with Crippen molar-refractivity contribution in [2.45, 2.75) is 52.7 Å². The van der Waals surface area contributed by atoms with Crippen molar-refractivity contribution in [3.05, 3.63) is 12.3 Å². The van der Waals surface area contributed by atoms with Crippen LogP contribution in [-0.2, 0) is 23.9 Å². The molecule has 0 aromatic carbocycles. The minimum absolute atomic E-state index is 0.236. The molecule has 0 aliphatic carbocycles.